The van der Waals surface area contributed by atoms with Gasteiger partial charge in [-0.05, 0) is 23.8 Å². The van der Waals surface area contributed by atoms with E-state index in [4.69, 9.17) is 9.47 Å². The second-order valence-corrected chi connectivity index (χ2v) is 6.56. The largest absolute Gasteiger partial charge is 0.507 e. The molecule has 1 saturated heterocycles. The zero-order valence-corrected chi connectivity index (χ0v) is 14.9. The molecule has 138 valence electrons. The summed E-state index contributed by atoms with van der Waals surface area (Å²) in [6.07, 6.45) is 5.39. The van der Waals surface area contributed by atoms with Crippen LogP contribution >= 0.6 is 0 Å². The molecule has 2 heterocycles. The van der Waals surface area contributed by atoms with Gasteiger partial charge in [-0.15, -0.1) is 0 Å². The van der Waals surface area contributed by atoms with E-state index in [9.17, 15) is 9.90 Å². The molecule has 0 amide bonds. The Bertz CT molecular complexity index is 896. The van der Waals surface area contributed by atoms with Gasteiger partial charge < -0.3 is 14.6 Å². The van der Waals surface area contributed by atoms with Crippen LogP contribution in [0, 0.1) is 0 Å². The van der Waals surface area contributed by atoms with Crippen LogP contribution in [0.1, 0.15) is 21.5 Å². The van der Waals surface area contributed by atoms with Gasteiger partial charge in [-0.25, -0.2) is 0 Å². The van der Waals surface area contributed by atoms with Crippen molar-refractivity contribution in [3.05, 3.63) is 77.1 Å². The molecule has 27 heavy (non-hydrogen) atoms. The van der Waals surface area contributed by atoms with Crippen LogP contribution in [0.25, 0.3) is 6.08 Å². The minimum Gasteiger partial charge on any atom is -0.507 e. The minimum atomic E-state index is -0.161. The summed E-state index contributed by atoms with van der Waals surface area (Å²) in [4.78, 5) is 14.8. The molecule has 5 nitrogen and oxygen atoms in total. The zero-order chi connectivity index (χ0) is 18.6. The molecular formula is C22H21NO4. The predicted molar refractivity (Wildman–Crippen MR) is 103 cm³/mol. The fourth-order valence-electron chi connectivity index (χ4n) is 3.26. The van der Waals surface area contributed by atoms with Crippen LogP contribution in [0.5, 0.6) is 11.5 Å². The number of rotatable bonds is 4. The van der Waals surface area contributed by atoms with Crippen molar-refractivity contribution in [1.29, 1.82) is 0 Å². The van der Waals surface area contributed by atoms with Crippen molar-refractivity contribution in [1.82, 2.24) is 4.90 Å². The molecule has 2 aromatic rings. The van der Waals surface area contributed by atoms with E-state index in [0.717, 1.165) is 18.7 Å². The van der Waals surface area contributed by atoms with E-state index in [1.165, 1.54) is 0 Å². The summed E-state index contributed by atoms with van der Waals surface area (Å²) in [7, 11) is 0. The Balaban J connectivity index is 1.56. The first kappa shape index (κ1) is 17.5. The van der Waals surface area contributed by atoms with Crippen LogP contribution in [0.4, 0.5) is 0 Å². The van der Waals surface area contributed by atoms with E-state index in [2.05, 4.69) is 4.90 Å². The summed E-state index contributed by atoms with van der Waals surface area (Å²) in [5.41, 5.74) is 2.19. The van der Waals surface area contributed by atoms with Gasteiger partial charge >= 0.3 is 0 Å². The van der Waals surface area contributed by atoms with E-state index in [1.54, 1.807) is 24.3 Å². The number of carbonyl (C=O) groups is 1. The highest BCUT2D eigenvalue weighted by Gasteiger charge is 2.31. The fourth-order valence-corrected chi connectivity index (χ4v) is 3.26. The van der Waals surface area contributed by atoms with Gasteiger partial charge in [-0.3, -0.25) is 9.69 Å². The molecular weight excluding hydrogens is 342 g/mol. The molecule has 2 aliphatic heterocycles. The molecule has 1 fully saturated rings. The predicted octanol–water partition coefficient (Wildman–Crippen LogP) is 3.40. The Labute approximate surface area is 158 Å². The van der Waals surface area contributed by atoms with Crippen LogP contribution in [0.2, 0.25) is 0 Å². The summed E-state index contributed by atoms with van der Waals surface area (Å²) in [5, 5.41) is 10.3. The highest BCUT2D eigenvalue weighted by atomic mass is 16.5. The van der Waals surface area contributed by atoms with Gasteiger partial charge in [0.05, 0.1) is 24.3 Å². The van der Waals surface area contributed by atoms with E-state index >= 15 is 0 Å². The number of Topliss-reactive ketones (excluding diaryl/α,β-unsaturated/α-hetero) is 1. The average molecular weight is 363 g/mol. The molecule has 0 unspecified atom stereocenters. The third kappa shape index (κ3) is 3.79. The number of phenolic OH excluding ortho intramolecular Hbond substituents is 1. The summed E-state index contributed by atoms with van der Waals surface area (Å²) in [6, 6.07) is 13.0. The Morgan fingerprint density at radius 2 is 1.85 bits per heavy atom. The first-order chi connectivity index (χ1) is 13.2. The Morgan fingerprint density at radius 1 is 1.07 bits per heavy atom. The first-order valence-electron chi connectivity index (χ1n) is 9.03. The van der Waals surface area contributed by atoms with Gasteiger partial charge in [0, 0.05) is 19.6 Å². The third-order valence-electron chi connectivity index (χ3n) is 4.74. The maximum Gasteiger partial charge on any atom is 0.231 e. The number of carbonyl (C=O) groups excluding carboxylic acids is 1. The van der Waals surface area contributed by atoms with E-state index in [-0.39, 0.29) is 17.3 Å². The van der Waals surface area contributed by atoms with Crippen LogP contribution in [0.15, 0.2) is 60.4 Å². The highest BCUT2D eigenvalue weighted by Crippen LogP contribution is 2.39. The molecule has 1 N–H and O–H groups in total. The monoisotopic (exact) mass is 363 g/mol. The summed E-state index contributed by atoms with van der Waals surface area (Å²) in [6.45, 7) is 3.45. The molecule has 0 radical (unpaired) electrons. The molecule has 0 aliphatic carbocycles. The number of ether oxygens (including phenoxy) is 2. The second-order valence-electron chi connectivity index (χ2n) is 6.56. The highest BCUT2D eigenvalue weighted by molar-refractivity contribution is 6.12. The summed E-state index contributed by atoms with van der Waals surface area (Å²) >= 11 is 0. The molecule has 0 saturated carbocycles. The Hall–Kier alpha value is -2.89. The molecule has 0 spiro atoms. The van der Waals surface area contributed by atoms with Gasteiger partial charge in [0.25, 0.3) is 0 Å². The van der Waals surface area contributed by atoms with E-state index in [0.29, 0.717) is 36.6 Å². The molecule has 2 aliphatic rings. The van der Waals surface area contributed by atoms with Crippen molar-refractivity contribution < 1.29 is 19.4 Å². The van der Waals surface area contributed by atoms with Crippen molar-refractivity contribution in [2.45, 2.75) is 6.54 Å². The second kappa shape index (κ2) is 7.78. The molecule has 5 heteroatoms. The van der Waals surface area contributed by atoms with Crippen molar-refractivity contribution >= 4 is 11.9 Å². The van der Waals surface area contributed by atoms with Crippen molar-refractivity contribution in [3.63, 3.8) is 0 Å². The van der Waals surface area contributed by atoms with Crippen LogP contribution in [-0.2, 0) is 11.3 Å². The smallest absolute Gasteiger partial charge is 0.231 e. The minimum absolute atomic E-state index is 0.147. The summed E-state index contributed by atoms with van der Waals surface area (Å²) < 4.78 is 11.2. The Morgan fingerprint density at radius 3 is 2.63 bits per heavy atom. The number of hydrogen-bond donors (Lipinski definition) is 1. The van der Waals surface area contributed by atoms with Gasteiger partial charge in [0.15, 0.2) is 5.76 Å². The number of benzene rings is 2. The third-order valence-corrected chi connectivity index (χ3v) is 4.74. The van der Waals surface area contributed by atoms with Crippen LogP contribution < -0.4 is 4.74 Å². The lowest BCUT2D eigenvalue weighted by Gasteiger charge is -2.27. The molecule has 0 atom stereocenters. The van der Waals surface area contributed by atoms with Crippen molar-refractivity contribution in [2.24, 2.45) is 0 Å². The number of fused-ring (bicyclic) bond motifs is 1. The van der Waals surface area contributed by atoms with E-state index < -0.39 is 0 Å². The van der Waals surface area contributed by atoms with Gasteiger partial charge in [-0.1, -0.05) is 42.5 Å². The maximum absolute atomic E-state index is 12.7. The topological polar surface area (TPSA) is 59.0 Å². The lowest BCUT2D eigenvalue weighted by Crippen LogP contribution is -2.35. The van der Waals surface area contributed by atoms with Gasteiger partial charge in [-0.2, -0.15) is 0 Å². The van der Waals surface area contributed by atoms with Gasteiger partial charge in [0.1, 0.15) is 11.5 Å². The maximum atomic E-state index is 12.7. The van der Waals surface area contributed by atoms with Crippen LogP contribution in [0.3, 0.4) is 0 Å². The lowest BCUT2D eigenvalue weighted by atomic mass is 10.0. The quantitative estimate of drug-likeness (QED) is 0.844. The van der Waals surface area contributed by atoms with Gasteiger partial charge in [0.2, 0.25) is 5.78 Å². The number of aromatic hydroxyl groups is 1. The number of morpholine rings is 1. The van der Waals surface area contributed by atoms with Crippen LogP contribution in [-0.4, -0.2) is 42.1 Å². The number of nitrogens with zero attached hydrogens (tertiary/aromatic N) is 1. The zero-order valence-electron chi connectivity index (χ0n) is 14.9. The van der Waals surface area contributed by atoms with E-state index in [1.807, 2.05) is 36.4 Å². The standard InChI is InChI=1S/C22H21NO4/c24-19-10-9-17-21(25)20(8-4-7-16-5-2-1-3-6-16)27-22(17)18(19)15-23-11-13-26-14-12-23/h1-10,24H,11-15H2/b7-4+,20-8-. The Kier molecular flexibility index (Phi) is 5.05. The number of hydrogen-bond acceptors (Lipinski definition) is 5. The normalized spacial score (nSPS) is 18.8. The number of allylic oxidation sites excluding steroid dienone is 3. The molecule has 4 rings (SSSR count). The van der Waals surface area contributed by atoms with Crippen molar-refractivity contribution in [2.75, 3.05) is 26.3 Å². The fraction of sp³-hybridized carbons (Fsp3) is 0.227. The lowest BCUT2D eigenvalue weighted by molar-refractivity contribution is 0.0336. The molecule has 0 bridgehead atoms. The number of phenols is 1. The number of ketones is 1. The summed E-state index contributed by atoms with van der Waals surface area (Å²) in [5.74, 6) is 0.719. The first-order valence-corrected chi connectivity index (χ1v) is 9.03. The molecule has 2 aromatic carbocycles. The average Bonchev–Trinajstić information content (AvgIpc) is 3.02. The SMILES string of the molecule is O=C1/C(=C/C=C/c2ccccc2)Oc2c1ccc(O)c2CN1CCOCC1. The van der Waals surface area contributed by atoms with Crippen molar-refractivity contribution in [3.8, 4) is 11.5 Å². The molecule has 0 aromatic heterocycles.